The largest absolute Gasteiger partial charge is 0.433 e. The van der Waals surface area contributed by atoms with Crippen LogP contribution in [0, 0.1) is 5.82 Å². The second-order valence-electron chi connectivity index (χ2n) is 7.46. The summed E-state index contributed by atoms with van der Waals surface area (Å²) in [6.45, 7) is -0.384. The summed E-state index contributed by atoms with van der Waals surface area (Å²) in [6, 6.07) is 5.67. The Hall–Kier alpha value is -4.29. The van der Waals surface area contributed by atoms with E-state index in [9.17, 15) is 31.9 Å². The fourth-order valence-corrected chi connectivity index (χ4v) is 3.66. The standard InChI is InChI=1S/C21H16F4N6O3/c1-31-16(6-7-28-31)20(18(33)29-19(34)30-20)10-27-17(32)13-4-3-12(22)8-14(13)11-2-5-15(26-9-11)21(23,24)25/h2-9H,10H2,1H3,(H,27,32)(H2,29,30,33,34). The summed E-state index contributed by atoms with van der Waals surface area (Å²) in [7, 11) is 1.55. The summed E-state index contributed by atoms with van der Waals surface area (Å²) in [4.78, 5) is 40.8. The zero-order valence-corrected chi connectivity index (χ0v) is 17.4. The fourth-order valence-electron chi connectivity index (χ4n) is 3.66. The first kappa shape index (κ1) is 22.9. The van der Waals surface area contributed by atoms with Crippen molar-refractivity contribution in [3.63, 3.8) is 0 Å². The van der Waals surface area contributed by atoms with Gasteiger partial charge in [0.2, 0.25) is 0 Å². The van der Waals surface area contributed by atoms with Crippen LogP contribution in [0.1, 0.15) is 21.7 Å². The number of nitrogens with zero attached hydrogens (tertiary/aromatic N) is 3. The van der Waals surface area contributed by atoms with Gasteiger partial charge in [-0.25, -0.2) is 9.18 Å². The lowest BCUT2D eigenvalue weighted by atomic mass is 9.94. The van der Waals surface area contributed by atoms with Crippen LogP contribution in [0.3, 0.4) is 0 Å². The average Bonchev–Trinajstić information content (AvgIpc) is 3.33. The van der Waals surface area contributed by atoms with Crippen molar-refractivity contribution in [2.45, 2.75) is 11.7 Å². The van der Waals surface area contributed by atoms with Gasteiger partial charge in [0.05, 0.1) is 12.2 Å². The van der Waals surface area contributed by atoms with Gasteiger partial charge in [0.15, 0.2) is 5.54 Å². The highest BCUT2D eigenvalue weighted by Gasteiger charge is 2.50. The van der Waals surface area contributed by atoms with E-state index < -0.39 is 41.1 Å². The number of carbonyl (C=O) groups is 3. The number of aryl methyl sites for hydroxylation is 1. The van der Waals surface area contributed by atoms with Crippen molar-refractivity contribution < 1.29 is 31.9 Å². The topological polar surface area (TPSA) is 118 Å². The zero-order chi connectivity index (χ0) is 24.7. The van der Waals surface area contributed by atoms with E-state index in [-0.39, 0.29) is 23.2 Å². The highest BCUT2D eigenvalue weighted by molar-refractivity contribution is 6.08. The van der Waals surface area contributed by atoms with Crippen LogP contribution in [0.2, 0.25) is 0 Å². The second kappa shape index (κ2) is 8.24. The lowest BCUT2D eigenvalue weighted by Crippen LogP contribution is -2.53. The fraction of sp³-hybridized carbons (Fsp3) is 0.190. The molecule has 0 saturated carbocycles. The smallest absolute Gasteiger partial charge is 0.349 e. The highest BCUT2D eigenvalue weighted by Crippen LogP contribution is 2.31. The molecule has 1 unspecified atom stereocenters. The van der Waals surface area contributed by atoms with Crippen LogP contribution in [0.25, 0.3) is 11.1 Å². The number of nitrogens with one attached hydrogen (secondary N) is 3. The van der Waals surface area contributed by atoms with Gasteiger partial charge < -0.3 is 10.6 Å². The Labute approximate surface area is 189 Å². The van der Waals surface area contributed by atoms with E-state index in [1.807, 2.05) is 0 Å². The number of imide groups is 1. The van der Waals surface area contributed by atoms with E-state index in [2.05, 4.69) is 26.0 Å². The van der Waals surface area contributed by atoms with Gasteiger partial charge >= 0.3 is 12.2 Å². The van der Waals surface area contributed by atoms with Gasteiger partial charge in [0.1, 0.15) is 11.5 Å². The molecule has 176 valence electrons. The van der Waals surface area contributed by atoms with Gasteiger partial charge in [0, 0.05) is 30.6 Å². The molecule has 1 aliphatic heterocycles. The number of rotatable bonds is 5. The van der Waals surface area contributed by atoms with E-state index in [0.29, 0.717) is 5.69 Å². The van der Waals surface area contributed by atoms with Crippen molar-refractivity contribution in [1.29, 1.82) is 0 Å². The predicted octanol–water partition coefficient (Wildman–Crippen LogP) is 2.10. The summed E-state index contributed by atoms with van der Waals surface area (Å²) in [5, 5.41) is 11.1. The molecule has 1 fully saturated rings. The lowest BCUT2D eigenvalue weighted by molar-refractivity contribution is -0.141. The van der Waals surface area contributed by atoms with Gasteiger partial charge in [-0.15, -0.1) is 0 Å². The van der Waals surface area contributed by atoms with Crippen LogP contribution in [-0.2, 0) is 23.6 Å². The molecule has 13 heteroatoms. The van der Waals surface area contributed by atoms with E-state index in [4.69, 9.17) is 0 Å². The number of pyridine rings is 1. The summed E-state index contributed by atoms with van der Waals surface area (Å²) in [5.41, 5.74) is -2.51. The molecular weight excluding hydrogens is 460 g/mol. The Morgan fingerprint density at radius 1 is 1.18 bits per heavy atom. The molecule has 3 N–H and O–H groups in total. The number of carbonyl (C=O) groups excluding carboxylic acids is 3. The number of hydrogen-bond donors (Lipinski definition) is 3. The number of urea groups is 1. The molecule has 1 atom stereocenters. The first-order valence-corrected chi connectivity index (χ1v) is 9.75. The van der Waals surface area contributed by atoms with Crippen LogP contribution in [-0.4, -0.2) is 39.2 Å². The molecule has 4 rings (SSSR count). The maximum Gasteiger partial charge on any atom is 0.433 e. The van der Waals surface area contributed by atoms with Gasteiger partial charge in [-0.3, -0.25) is 24.6 Å². The lowest BCUT2D eigenvalue weighted by Gasteiger charge is -2.26. The number of hydrogen-bond acceptors (Lipinski definition) is 5. The molecule has 0 spiro atoms. The molecule has 3 aromatic rings. The zero-order valence-electron chi connectivity index (χ0n) is 17.4. The van der Waals surface area contributed by atoms with Crippen LogP contribution < -0.4 is 16.0 Å². The quantitative estimate of drug-likeness (QED) is 0.385. The molecule has 1 aromatic carbocycles. The molecule has 0 bridgehead atoms. The summed E-state index contributed by atoms with van der Waals surface area (Å²) in [6.07, 6.45) is -2.37. The van der Waals surface area contributed by atoms with E-state index in [0.717, 1.165) is 36.5 Å². The number of alkyl halides is 3. The Bertz CT molecular complexity index is 1290. The average molecular weight is 476 g/mol. The van der Waals surface area contributed by atoms with Gasteiger partial charge in [-0.05, 0) is 35.9 Å². The molecule has 1 saturated heterocycles. The Morgan fingerprint density at radius 2 is 1.94 bits per heavy atom. The SMILES string of the molecule is Cn1nccc1C1(CNC(=O)c2ccc(F)cc2-c2ccc(C(F)(F)F)nc2)NC(=O)NC1=O. The Balaban J connectivity index is 1.65. The maximum absolute atomic E-state index is 13.9. The van der Waals surface area contributed by atoms with Gasteiger partial charge in [-0.1, -0.05) is 6.07 Å². The third kappa shape index (κ3) is 4.07. The molecular formula is C21H16F4N6O3. The molecule has 2 aromatic heterocycles. The molecule has 0 radical (unpaired) electrons. The third-order valence-corrected chi connectivity index (χ3v) is 5.31. The number of benzene rings is 1. The first-order valence-electron chi connectivity index (χ1n) is 9.75. The van der Waals surface area contributed by atoms with Crippen molar-refractivity contribution in [3.8, 4) is 11.1 Å². The molecule has 34 heavy (non-hydrogen) atoms. The summed E-state index contributed by atoms with van der Waals surface area (Å²) in [5.74, 6) is -2.20. The van der Waals surface area contributed by atoms with Crippen molar-refractivity contribution in [3.05, 3.63) is 71.6 Å². The van der Waals surface area contributed by atoms with Crippen molar-refractivity contribution in [1.82, 2.24) is 30.7 Å². The van der Waals surface area contributed by atoms with Crippen LogP contribution in [0.5, 0.6) is 0 Å². The maximum atomic E-state index is 13.9. The van der Waals surface area contributed by atoms with Crippen molar-refractivity contribution in [2.24, 2.45) is 7.05 Å². The highest BCUT2D eigenvalue weighted by atomic mass is 19.4. The monoisotopic (exact) mass is 476 g/mol. The number of halogens is 4. The van der Waals surface area contributed by atoms with Crippen LogP contribution >= 0.6 is 0 Å². The van der Waals surface area contributed by atoms with E-state index in [1.165, 1.54) is 16.9 Å². The Morgan fingerprint density at radius 3 is 2.50 bits per heavy atom. The van der Waals surface area contributed by atoms with Gasteiger partial charge in [0.25, 0.3) is 11.8 Å². The molecule has 0 aliphatic carbocycles. The minimum Gasteiger partial charge on any atom is -0.349 e. The summed E-state index contributed by atoms with van der Waals surface area (Å²) >= 11 is 0. The van der Waals surface area contributed by atoms with E-state index >= 15 is 0 Å². The van der Waals surface area contributed by atoms with E-state index in [1.54, 1.807) is 7.05 Å². The predicted molar refractivity (Wildman–Crippen MR) is 109 cm³/mol. The normalized spacial score (nSPS) is 17.9. The number of aromatic nitrogens is 3. The minimum atomic E-state index is -4.66. The Kier molecular flexibility index (Phi) is 5.55. The molecule has 9 nitrogen and oxygen atoms in total. The van der Waals surface area contributed by atoms with Crippen molar-refractivity contribution in [2.75, 3.05) is 6.54 Å². The van der Waals surface area contributed by atoms with Gasteiger partial charge in [-0.2, -0.15) is 18.3 Å². The second-order valence-corrected chi connectivity index (χ2v) is 7.46. The first-order chi connectivity index (χ1) is 16.0. The molecule has 3 heterocycles. The van der Waals surface area contributed by atoms with Crippen LogP contribution in [0.15, 0.2) is 48.8 Å². The summed E-state index contributed by atoms with van der Waals surface area (Å²) < 4.78 is 53.8. The molecule has 1 aliphatic rings. The minimum absolute atomic E-state index is 0.00628. The van der Waals surface area contributed by atoms with Crippen molar-refractivity contribution >= 4 is 17.8 Å². The third-order valence-electron chi connectivity index (χ3n) is 5.31. The van der Waals surface area contributed by atoms with Crippen LogP contribution in [0.4, 0.5) is 22.4 Å². The molecule has 4 amide bonds. The number of amides is 4.